The van der Waals surface area contributed by atoms with Gasteiger partial charge in [0.1, 0.15) is 17.8 Å². The average molecular weight is 389 g/mol. The third kappa shape index (κ3) is 1.86. The summed E-state index contributed by atoms with van der Waals surface area (Å²) in [6.07, 6.45) is 3.24. The number of carbonyl (C=O) groups is 1. The zero-order valence-corrected chi connectivity index (χ0v) is 17.7. The van der Waals surface area contributed by atoms with Crippen LogP contribution in [0.15, 0.2) is 23.3 Å². The lowest BCUT2D eigenvalue weighted by atomic mass is 9.59. The fraction of sp³-hybridized carbons (Fsp3) is 0.783. The van der Waals surface area contributed by atoms with Crippen LogP contribution in [-0.4, -0.2) is 46.2 Å². The summed E-state index contributed by atoms with van der Waals surface area (Å²) in [4.78, 5) is 14.3. The maximum absolute atomic E-state index is 14.3. The molecule has 1 saturated heterocycles. The second-order valence-corrected chi connectivity index (χ2v) is 10.8. The Morgan fingerprint density at radius 2 is 1.93 bits per heavy atom. The summed E-state index contributed by atoms with van der Waals surface area (Å²) >= 11 is 0. The quantitative estimate of drug-likeness (QED) is 0.676. The molecule has 0 aromatic rings. The monoisotopic (exact) mass is 388 g/mol. The van der Waals surface area contributed by atoms with Gasteiger partial charge in [0.2, 0.25) is 0 Å². The molecule has 0 aromatic heterocycles. The molecule has 3 fully saturated rings. The first kappa shape index (κ1) is 19.0. The van der Waals surface area contributed by atoms with Crippen molar-refractivity contribution in [2.45, 2.75) is 71.6 Å². The number of ketones is 1. The normalized spacial score (nSPS) is 52.6. The third-order valence-electron chi connectivity index (χ3n) is 8.68. The molecule has 5 rings (SSSR count). The van der Waals surface area contributed by atoms with Gasteiger partial charge >= 0.3 is 0 Å². The van der Waals surface area contributed by atoms with Gasteiger partial charge in [-0.2, -0.15) is 0 Å². The summed E-state index contributed by atoms with van der Waals surface area (Å²) in [5.41, 5.74) is -0.640. The van der Waals surface area contributed by atoms with Crippen LogP contribution in [0.5, 0.6) is 0 Å². The standard InChI is InChI=1S/C23H32O5/c1-11-9-22-12(2)7-15-16(20(15,3)4)14(18(22)26)8-13(10-24)17(25)23(22)19(11)27-21(5,6)28-23/h8-9,12,14-17,19,24-25H,7,10H2,1-6H3/t12-,14-,15+,16-,17+,19-,22-,23+/m0/s1. The number of carbonyl (C=O) groups excluding carboxylic acids is 1. The number of rotatable bonds is 1. The summed E-state index contributed by atoms with van der Waals surface area (Å²) in [7, 11) is 0. The first-order valence-corrected chi connectivity index (χ1v) is 10.5. The molecule has 0 amide bonds. The van der Waals surface area contributed by atoms with E-state index in [2.05, 4.69) is 20.8 Å². The molecular weight excluding hydrogens is 356 g/mol. The number of aliphatic hydroxyl groups excluding tert-OH is 2. The Bertz CT molecular complexity index is 823. The van der Waals surface area contributed by atoms with E-state index < -0.39 is 29.0 Å². The van der Waals surface area contributed by atoms with E-state index in [1.807, 2.05) is 32.9 Å². The number of aliphatic hydroxyl groups is 2. The molecule has 0 radical (unpaired) electrons. The van der Waals surface area contributed by atoms with E-state index in [0.717, 1.165) is 12.0 Å². The number of Topliss-reactive ketones (excluding diaryl/α,β-unsaturated/α-hetero) is 1. The van der Waals surface area contributed by atoms with Crippen molar-refractivity contribution >= 4 is 5.78 Å². The van der Waals surface area contributed by atoms with Gasteiger partial charge in [-0.25, -0.2) is 0 Å². The van der Waals surface area contributed by atoms with Gasteiger partial charge in [0.15, 0.2) is 11.6 Å². The Hall–Kier alpha value is -1.01. The van der Waals surface area contributed by atoms with E-state index in [-0.39, 0.29) is 35.6 Å². The molecule has 8 atom stereocenters. The minimum atomic E-state index is -1.22. The molecule has 5 heteroatoms. The minimum Gasteiger partial charge on any atom is -0.392 e. The number of hydrogen-bond donors (Lipinski definition) is 2. The molecule has 2 N–H and O–H groups in total. The fourth-order valence-corrected chi connectivity index (χ4v) is 7.47. The molecule has 5 nitrogen and oxygen atoms in total. The number of allylic oxidation sites excluding steroid dienone is 1. The molecule has 0 unspecified atom stereocenters. The Kier molecular flexibility index (Phi) is 3.51. The molecule has 2 saturated carbocycles. The summed E-state index contributed by atoms with van der Waals surface area (Å²) in [6.45, 7) is 12.0. The Balaban J connectivity index is 1.80. The summed E-state index contributed by atoms with van der Waals surface area (Å²) in [6, 6.07) is 0. The van der Waals surface area contributed by atoms with Crippen LogP contribution in [0.1, 0.15) is 48.0 Å². The molecular formula is C23H32O5. The Morgan fingerprint density at radius 3 is 2.57 bits per heavy atom. The van der Waals surface area contributed by atoms with Gasteiger partial charge in [-0.3, -0.25) is 4.79 Å². The molecule has 1 aliphatic heterocycles. The minimum absolute atomic E-state index is 0.0119. The molecule has 154 valence electrons. The van der Waals surface area contributed by atoms with Gasteiger partial charge < -0.3 is 19.7 Å². The van der Waals surface area contributed by atoms with Crippen LogP contribution < -0.4 is 0 Å². The largest absolute Gasteiger partial charge is 0.392 e. The first-order valence-electron chi connectivity index (χ1n) is 10.5. The molecule has 5 aliphatic rings. The summed E-state index contributed by atoms with van der Waals surface area (Å²) < 4.78 is 12.8. The predicted octanol–water partition coefficient (Wildman–Crippen LogP) is 2.61. The number of hydrogen-bond acceptors (Lipinski definition) is 5. The van der Waals surface area contributed by atoms with Gasteiger partial charge in [-0.05, 0) is 61.5 Å². The van der Waals surface area contributed by atoms with E-state index in [4.69, 9.17) is 9.47 Å². The average Bonchev–Trinajstić information content (AvgIpc) is 2.92. The van der Waals surface area contributed by atoms with E-state index in [0.29, 0.717) is 11.5 Å². The van der Waals surface area contributed by atoms with Crippen molar-refractivity contribution in [3.8, 4) is 0 Å². The van der Waals surface area contributed by atoms with E-state index >= 15 is 0 Å². The Morgan fingerprint density at radius 1 is 1.25 bits per heavy atom. The fourth-order valence-electron chi connectivity index (χ4n) is 7.47. The maximum atomic E-state index is 14.3. The predicted molar refractivity (Wildman–Crippen MR) is 103 cm³/mol. The van der Waals surface area contributed by atoms with Crippen molar-refractivity contribution < 1.29 is 24.5 Å². The van der Waals surface area contributed by atoms with Crippen LogP contribution in [0, 0.1) is 34.5 Å². The van der Waals surface area contributed by atoms with Crippen molar-refractivity contribution in [2.24, 2.45) is 34.5 Å². The van der Waals surface area contributed by atoms with Gasteiger partial charge in [0.05, 0.1) is 12.0 Å². The maximum Gasteiger partial charge on any atom is 0.164 e. The molecule has 2 spiro atoms. The van der Waals surface area contributed by atoms with Gasteiger partial charge in [-0.15, -0.1) is 0 Å². The second kappa shape index (κ2) is 5.18. The smallest absolute Gasteiger partial charge is 0.164 e. The SMILES string of the molecule is CC1=C[C@]23C(=O)[C@@H](C=C(CO)[C@@H](O)[C@]24OC(C)(C)O[C@@H]14)[C@H]1[C@@H](C[C@@H]3C)C1(C)C. The van der Waals surface area contributed by atoms with Crippen molar-refractivity contribution in [1.82, 2.24) is 0 Å². The number of fused-ring (bicyclic) bond motifs is 3. The van der Waals surface area contributed by atoms with Crippen LogP contribution in [-0.2, 0) is 14.3 Å². The molecule has 2 bridgehead atoms. The Labute approximate surface area is 166 Å². The van der Waals surface area contributed by atoms with Gasteiger partial charge in [0.25, 0.3) is 0 Å². The van der Waals surface area contributed by atoms with Crippen LogP contribution in [0.4, 0.5) is 0 Å². The first-order chi connectivity index (χ1) is 12.9. The molecule has 0 aromatic carbocycles. The zero-order chi connectivity index (χ0) is 20.4. The summed E-state index contributed by atoms with van der Waals surface area (Å²) in [5.74, 6) is -0.378. The second-order valence-electron chi connectivity index (χ2n) is 10.8. The van der Waals surface area contributed by atoms with Crippen molar-refractivity contribution in [3.63, 3.8) is 0 Å². The zero-order valence-electron chi connectivity index (χ0n) is 17.7. The molecule has 28 heavy (non-hydrogen) atoms. The highest BCUT2D eigenvalue weighted by molar-refractivity contribution is 5.95. The topological polar surface area (TPSA) is 76.0 Å². The van der Waals surface area contributed by atoms with Crippen molar-refractivity contribution in [1.29, 1.82) is 0 Å². The highest BCUT2D eigenvalue weighted by atomic mass is 16.8. The lowest BCUT2D eigenvalue weighted by Crippen LogP contribution is -2.64. The summed E-state index contributed by atoms with van der Waals surface area (Å²) in [5, 5.41) is 21.7. The van der Waals surface area contributed by atoms with E-state index in [9.17, 15) is 15.0 Å². The highest BCUT2D eigenvalue weighted by Crippen LogP contribution is 2.73. The van der Waals surface area contributed by atoms with Crippen LogP contribution in [0.3, 0.4) is 0 Å². The van der Waals surface area contributed by atoms with Crippen molar-refractivity contribution in [3.05, 3.63) is 23.3 Å². The lowest BCUT2D eigenvalue weighted by molar-refractivity contribution is -0.215. The van der Waals surface area contributed by atoms with Gasteiger partial charge in [0, 0.05) is 5.92 Å². The van der Waals surface area contributed by atoms with Gasteiger partial charge in [-0.1, -0.05) is 32.9 Å². The van der Waals surface area contributed by atoms with E-state index in [1.54, 1.807) is 0 Å². The van der Waals surface area contributed by atoms with Crippen LogP contribution >= 0.6 is 0 Å². The van der Waals surface area contributed by atoms with Crippen molar-refractivity contribution in [2.75, 3.05) is 6.61 Å². The lowest BCUT2D eigenvalue weighted by Gasteiger charge is -2.49. The highest BCUT2D eigenvalue weighted by Gasteiger charge is 2.79. The molecule has 4 aliphatic carbocycles. The van der Waals surface area contributed by atoms with Crippen LogP contribution in [0.25, 0.3) is 0 Å². The van der Waals surface area contributed by atoms with Crippen LogP contribution in [0.2, 0.25) is 0 Å². The molecule has 1 heterocycles. The third-order valence-corrected chi connectivity index (χ3v) is 8.68. The number of ether oxygens (including phenoxy) is 2. The van der Waals surface area contributed by atoms with E-state index in [1.165, 1.54) is 0 Å².